The minimum atomic E-state index is -0.459. The van der Waals surface area contributed by atoms with Crippen molar-refractivity contribution in [2.24, 2.45) is 0 Å². The highest BCUT2D eigenvalue weighted by atomic mass is 16.5. The van der Waals surface area contributed by atoms with E-state index in [1.165, 1.54) is 18.6 Å². The van der Waals surface area contributed by atoms with Crippen LogP contribution < -0.4 is 0 Å². The Morgan fingerprint density at radius 3 is 2.56 bits per heavy atom. The molecule has 0 aromatic carbocycles. The third kappa shape index (κ3) is 2.60. The summed E-state index contributed by atoms with van der Waals surface area (Å²) < 4.78 is 5.06. The lowest BCUT2D eigenvalue weighted by atomic mass is 10.3. The summed E-state index contributed by atoms with van der Waals surface area (Å²) in [6.45, 7) is 0.214. The van der Waals surface area contributed by atoms with E-state index in [-0.39, 0.29) is 12.3 Å². The van der Waals surface area contributed by atoms with E-state index in [1.54, 1.807) is 24.5 Å². The van der Waals surface area contributed by atoms with Gasteiger partial charge in [-0.3, -0.25) is 4.98 Å². The van der Waals surface area contributed by atoms with Gasteiger partial charge in [0.1, 0.15) is 12.9 Å². The number of aromatic nitrogens is 3. The maximum absolute atomic E-state index is 11.5. The van der Waals surface area contributed by atoms with Crippen LogP contribution in [-0.2, 0) is 11.3 Å². The Labute approximate surface area is 92.2 Å². The van der Waals surface area contributed by atoms with E-state index < -0.39 is 5.97 Å². The van der Waals surface area contributed by atoms with Crippen LogP contribution in [0.3, 0.4) is 0 Å². The van der Waals surface area contributed by atoms with Gasteiger partial charge in [-0.2, -0.15) is 0 Å². The lowest BCUT2D eigenvalue weighted by Gasteiger charge is -2.03. The van der Waals surface area contributed by atoms with Gasteiger partial charge in [0, 0.05) is 18.6 Å². The molecule has 0 aliphatic rings. The van der Waals surface area contributed by atoms with Crippen molar-refractivity contribution < 1.29 is 9.53 Å². The molecule has 5 heteroatoms. The van der Waals surface area contributed by atoms with Crippen LogP contribution in [0, 0.1) is 0 Å². The van der Waals surface area contributed by atoms with Crippen molar-refractivity contribution in [1.82, 2.24) is 15.0 Å². The molecule has 0 fully saturated rings. The predicted molar refractivity (Wildman–Crippen MR) is 55.4 cm³/mol. The largest absolute Gasteiger partial charge is 0.456 e. The van der Waals surface area contributed by atoms with Crippen LogP contribution in [0.25, 0.3) is 0 Å². The first-order chi connectivity index (χ1) is 7.86. The SMILES string of the molecule is O=C(OCc1ccncc1)c1ccncn1. The van der Waals surface area contributed by atoms with E-state index in [1.807, 2.05) is 0 Å². The van der Waals surface area contributed by atoms with Gasteiger partial charge in [0.05, 0.1) is 0 Å². The predicted octanol–water partition coefficient (Wildman–Crippen LogP) is 1.23. The van der Waals surface area contributed by atoms with Gasteiger partial charge in [-0.15, -0.1) is 0 Å². The second-order valence-corrected chi connectivity index (χ2v) is 3.03. The maximum atomic E-state index is 11.5. The van der Waals surface area contributed by atoms with Crippen molar-refractivity contribution in [3.05, 3.63) is 54.4 Å². The van der Waals surface area contributed by atoms with Gasteiger partial charge in [0.15, 0.2) is 5.69 Å². The highest BCUT2D eigenvalue weighted by Gasteiger charge is 2.07. The molecule has 2 aromatic rings. The number of hydrogen-bond acceptors (Lipinski definition) is 5. The fourth-order valence-corrected chi connectivity index (χ4v) is 1.11. The number of ether oxygens (including phenoxy) is 1. The molecule has 0 saturated carbocycles. The summed E-state index contributed by atoms with van der Waals surface area (Å²) in [7, 11) is 0. The Balaban J connectivity index is 1.95. The lowest BCUT2D eigenvalue weighted by Crippen LogP contribution is -2.07. The number of esters is 1. The third-order valence-electron chi connectivity index (χ3n) is 1.91. The second-order valence-electron chi connectivity index (χ2n) is 3.03. The summed E-state index contributed by atoms with van der Waals surface area (Å²) in [4.78, 5) is 22.9. The Morgan fingerprint density at radius 2 is 1.88 bits per heavy atom. The van der Waals surface area contributed by atoms with Crippen LogP contribution >= 0.6 is 0 Å². The fourth-order valence-electron chi connectivity index (χ4n) is 1.11. The minimum absolute atomic E-state index is 0.214. The van der Waals surface area contributed by atoms with Gasteiger partial charge in [-0.05, 0) is 23.8 Å². The number of carbonyl (C=O) groups excluding carboxylic acids is 1. The Hall–Kier alpha value is -2.30. The molecule has 2 heterocycles. The zero-order valence-electron chi connectivity index (χ0n) is 8.41. The Morgan fingerprint density at radius 1 is 1.12 bits per heavy atom. The van der Waals surface area contributed by atoms with Crippen LogP contribution in [0.5, 0.6) is 0 Å². The van der Waals surface area contributed by atoms with Crippen LogP contribution in [-0.4, -0.2) is 20.9 Å². The molecule has 0 bridgehead atoms. The average molecular weight is 215 g/mol. The van der Waals surface area contributed by atoms with Crippen molar-refractivity contribution >= 4 is 5.97 Å². The molecule has 0 radical (unpaired) electrons. The van der Waals surface area contributed by atoms with Crippen molar-refractivity contribution in [3.8, 4) is 0 Å². The van der Waals surface area contributed by atoms with Gasteiger partial charge in [0.2, 0.25) is 0 Å². The molecule has 0 amide bonds. The molecule has 0 unspecified atom stereocenters. The summed E-state index contributed by atoms with van der Waals surface area (Å²) in [6, 6.07) is 5.08. The third-order valence-corrected chi connectivity index (χ3v) is 1.91. The monoisotopic (exact) mass is 215 g/mol. The highest BCUT2D eigenvalue weighted by Crippen LogP contribution is 2.02. The van der Waals surface area contributed by atoms with Gasteiger partial charge < -0.3 is 4.74 Å². The molecule has 0 saturated heterocycles. The van der Waals surface area contributed by atoms with E-state index in [9.17, 15) is 4.79 Å². The highest BCUT2D eigenvalue weighted by molar-refractivity contribution is 5.86. The van der Waals surface area contributed by atoms with E-state index in [4.69, 9.17) is 4.74 Å². The first kappa shape index (κ1) is 10.2. The number of pyridine rings is 1. The minimum Gasteiger partial charge on any atom is -0.456 e. The first-order valence-corrected chi connectivity index (χ1v) is 4.68. The fraction of sp³-hybridized carbons (Fsp3) is 0.0909. The summed E-state index contributed by atoms with van der Waals surface area (Å²) in [5, 5.41) is 0. The molecule has 2 aromatic heterocycles. The van der Waals surface area contributed by atoms with Crippen LogP contribution in [0.1, 0.15) is 16.1 Å². The summed E-state index contributed by atoms with van der Waals surface area (Å²) >= 11 is 0. The number of nitrogens with zero attached hydrogens (tertiary/aromatic N) is 3. The summed E-state index contributed by atoms with van der Waals surface area (Å²) in [5.41, 5.74) is 1.14. The molecule has 2 rings (SSSR count). The van der Waals surface area contributed by atoms with Gasteiger partial charge in [0.25, 0.3) is 0 Å². The van der Waals surface area contributed by atoms with Crippen LogP contribution in [0.15, 0.2) is 43.1 Å². The molecule has 0 spiro atoms. The smallest absolute Gasteiger partial charge is 0.357 e. The molecule has 16 heavy (non-hydrogen) atoms. The standard InChI is InChI=1S/C11H9N3O2/c15-11(10-3-6-13-8-14-10)16-7-9-1-4-12-5-2-9/h1-6,8H,7H2. The zero-order chi connectivity index (χ0) is 11.2. The summed E-state index contributed by atoms with van der Waals surface area (Å²) in [5.74, 6) is -0.459. The topological polar surface area (TPSA) is 65.0 Å². The van der Waals surface area contributed by atoms with Crippen molar-refractivity contribution in [1.29, 1.82) is 0 Å². The first-order valence-electron chi connectivity index (χ1n) is 4.68. The number of rotatable bonds is 3. The molecule has 0 aliphatic carbocycles. The van der Waals surface area contributed by atoms with Gasteiger partial charge >= 0.3 is 5.97 Å². The van der Waals surface area contributed by atoms with Crippen molar-refractivity contribution in [2.45, 2.75) is 6.61 Å². The quantitative estimate of drug-likeness (QED) is 0.720. The molecule has 0 N–H and O–H groups in total. The molecule has 5 nitrogen and oxygen atoms in total. The van der Waals surface area contributed by atoms with Crippen molar-refractivity contribution in [2.75, 3.05) is 0 Å². The van der Waals surface area contributed by atoms with Gasteiger partial charge in [-0.1, -0.05) is 0 Å². The van der Waals surface area contributed by atoms with E-state index in [0.29, 0.717) is 0 Å². The maximum Gasteiger partial charge on any atom is 0.357 e. The molecule has 0 aliphatic heterocycles. The molecule has 0 atom stereocenters. The van der Waals surface area contributed by atoms with Crippen molar-refractivity contribution in [3.63, 3.8) is 0 Å². The normalized spacial score (nSPS) is 9.75. The van der Waals surface area contributed by atoms with Gasteiger partial charge in [-0.25, -0.2) is 14.8 Å². The van der Waals surface area contributed by atoms with Crippen LogP contribution in [0.2, 0.25) is 0 Å². The van der Waals surface area contributed by atoms with E-state index in [0.717, 1.165) is 5.56 Å². The number of hydrogen-bond donors (Lipinski definition) is 0. The summed E-state index contributed by atoms with van der Waals surface area (Å²) in [6.07, 6.45) is 6.10. The Kier molecular flexibility index (Phi) is 3.18. The second kappa shape index (κ2) is 4.97. The van der Waals surface area contributed by atoms with E-state index in [2.05, 4.69) is 15.0 Å². The van der Waals surface area contributed by atoms with Crippen LogP contribution in [0.4, 0.5) is 0 Å². The number of carbonyl (C=O) groups is 1. The molecule has 80 valence electrons. The van der Waals surface area contributed by atoms with E-state index >= 15 is 0 Å². The zero-order valence-corrected chi connectivity index (χ0v) is 8.41. The molecular formula is C11H9N3O2. The Bertz CT molecular complexity index is 459. The average Bonchev–Trinajstić information content (AvgIpc) is 2.38. The molecular weight excluding hydrogens is 206 g/mol. The lowest BCUT2D eigenvalue weighted by molar-refractivity contribution is 0.0465.